The summed E-state index contributed by atoms with van der Waals surface area (Å²) in [7, 11) is 0. The number of imidazole rings is 1. The lowest BCUT2D eigenvalue weighted by atomic mass is 10.3. The largest absolute Gasteiger partial charge is 0.377 e. The number of nitrogens with zero attached hydrogens (tertiary/aromatic N) is 2. The summed E-state index contributed by atoms with van der Waals surface area (Å²) in [5.74, 6) is 1.00. The zero-order chi connectivity index (χ0) is 13.0. The molecule has 0 aliphatic carbocycles. The first-order valence-electron chi connectivity index (χ1n) is 5.89. The van der Waals surface area contributed by atoms with Gasteiger partial charge in [0, 0.05) is 24.0 Å². The molecule has 1 aromatic carbocycles. The van der Waals surface area contributed by atoms with Crippen LogP contribution in [0.15, 0.2) is 30.6 Å². The van der Waals surface area contributed by atoms with Crippen LogP contribution >= 0.6 is 23.2 Å². The topological polar surface area (TPSA) is 29.9 Å². The van der Waals surface area contributed by atoms with Gasteiger partial charge in [-0.1, -0.05) is 30.1 Å². The van der Waals surface area contributed by atoms with Crippen LogP contribution in [0.5, 0.6) is 0 Å². The highest BCUT2D eigenvalue weighted by Gasteiger charge is 2.04. The molecule has 0 atom stereocenters. The lowest BCUT2D eigenvalue weighted by Gasteiger charge is -2.10. The summed E-state index contributed by atoms with van der Waals surface area (Å²) in [5, 5.41) is 4.53. The number of hydrogen-bond acceptors (Lipinski definition) is 2. The fraction of sp³-hybridized carbons (Fsp3) is 0.308. The molecule has 1 aromatic heterocycles. The maximum Gasteiger partial charge on any atom is 0.128 e. The molecule has 0 aliphatic heterocycles. The molecule has 0 amide bonds. The van der Waals surface area contributed by atoms with Crippen LogP contribution in [0.1, 0.15) is 19.2 Å². The fourth-order valence-electron chi connectivity index (χ4n) is 1.76. The average molecular weight is 284 g/mol. The van der Waals surface area contributed by atoms with E-state index in [1.165, 1.54) is 0 Å². The van der Waals surface area contributed by atoms with Crippen LogP contribution in [0.25, 0.3) is 0 Å². The van der Waals surface area contributed by atoms with Crippen molar-refractivity contribution < 1.29 is 0 Å². The Bertz CT molecular complexity index is 523. The van der Waals surface area contributed by atoms with E-state index in [0.717, 1.165) is 24.5 Å². The number of halogens is 2. The third-order valence-electron chi connectivity index (χ3n) is 2.63. The number of anilines is 1. The SMILES string of the molecule is CCCn1ccnc1CNc1ccc(Cl)cc1Cl. The van der Waals surface area contributed by atoms with Crippen molar-refractivity contribution in [1.29, 1.82) is 0 Å². The molecule has 0 spiro atoms. The monoisotopic (exact) mass is 283 g/mol. The quantitative estimate of drug-likeness (QED) is 0.891. The average Bonchev–Trinajstić information content (AvgIpc) is 2.76. The van der Waals surface area contributed by atoms with Gasteiger partial charge in [-0.15, -0.1) is 0 Å². The van der Waals surface area contributed by atoms with Crippen LogP contribution in [0, 0.1) is 0 Å². The Hall–Kier alpha value is -1.19. The second-order valence-electron chi connectivity index (χ2n) is 4.01. The van der Waals surface area contributed by atoms with Gasteiger partial charge in [0.25, 0.3) is 0 Å². The van der Waals surface area contributed by atoms with Crippen LogP contribution in [-0.4, -0.2) is 9.55 Å². The van der Waals surface area contributed by atoms with Crippen LogP contribution in [-0.2, 0) is 13.1 Å². The van der Waals surface area contributed by atoms with Gasteiger partial charge >= 0.3 is 0 Å². The molecule has 0 saturated carbocycles. The van der Waals surface area contributed by atoms with E-state index in [9.17, 15) is 0 Å². The van der Waals surface area contributed by atoms with Gasteiger partial charge in [-0.25, -0.2) is 4.98 Å². The van der Waals surface area contributed by atoms with Gasteiger partial charge < -0.3 is 9.88 Å². The first-order valence-corrected chi connectivity index (χ1v) is 6.65. The fourth-order valence-corrected chi connectivity index (χ4v) is 2.23. The first kappa shape index (κ1) is 13.2. The molecule has 0 bridgehead atoms. The van der Waals surface area contributed by atoms with E-state index in [1.54, 1.807) is 6.07 Å². The Balaban J connectivity index is 2.04. The van der Waals surface area contributed by atoms with Crippen LogP contribution in [0.4, 0.5) is 5.69 Å². The molecule has 0 radical (unpaired) electrons. The zero-order valence-corrected chi connectivity index (χ0v) is 11.7. The number of nitrogens with one attached hydrogen (secondary N) is 1. The second-order valence-corrected chi connectivity index (χ2v) is 4.86. The number of rotatable bonds is 5. The van der Waals surface area contributed by atoms with E-state index in [2.05, 4.69) is 21.8 Å². The molecule has 2 rings (SSSR count). The van der Waals surface area contributed by atoms with Crippen molar-refractivity contribution in [3.8, 4) is 0 Å². The van der Waals surface area contributed by atoms with Crippen LogP contribution < -0.4 is 5.32 Å². The lowest BCUT2D eigenvalue weighted by Crippen LogP contribution is -2.08. The Morgan fingerprint density at radius 3 is 2.89 bits per heavy atom. The van der Waals surface area contributed by atoms with E-state index < -0.39 is 0 Å². The third-order valence-corrected chi connectivity index (χ3v) is 3.18. The molecule has 0 aliphatic rings. The molecule has 1 heterocycles. The molecule has 0 unspecified atom stereocenters. The van der Waals surface area contributed by atoms with Gasteiger partial charge in [0.05, 0.1) is 17.3 Å². The standard InChI is InChI=1S/C13H15Cl2N3/c1-2-6-18-7-5-16-13(18)9-17-12-4-3-10(14)8-11(12)15/h3-5,7-8,17H,2,6,9H2,1H3. The smallest absolute Gasteiger partial charge is 0.128 e. The number of aryl methyl sites for hydroxylation is 1. The molecule has 2 aromatic rings. The Labute approximate surface area is 117 Å². The molecule has 3 nitrogen and oxygen atoms in total. The minimum Gasteiger partial charge on any atom is -0.377 e. The van der Waals surface area contributed by atoms with Crippen molar-refractivity contribution in [2.24, 2.45) is 0 Å². The predicted octanol–water partition coefficient (Wildman–Crippen LogP) is 4.21. The molecule has 18 heavy (non-hydrogen) atoms. The highest BCUT2D eigenvalue weighted by molar-refractivity contribution is 6.36. The maximum absolute atomic E-state index is 6.10. The molecule has 0 saturated heterocycles. The summed E-state index contributed by atoms with van der Waals surface area (Å²) >= 11 is 12.0. The van der Waals surface area contributed by atoms with Gasteiger partial charge in [-0.2, -0.15) is 0 Å². The highest BCUT2D eigenvalue weighted by Crippen LogP contribution is 2.25. The normalized spacial score (nSPS) is 10.6. The maximum atomic E-state index is 6.10. The Morgan fingerprint density at radius 2 is 2.17 bits per heavy atom. The lowest BCUT2D eigenvalue weighted by molar-refractivity contribution is 0.644. The summed E-state index contributed by atoms with van der Waals surface area (Å²) in [5.41, 5.74) is 0.868. The third kappa shape index (κ3) is 3.18. The highest BCUT2D eigenvalue weighted by atomic mass is 35.5. The zero-order valence-electron chi connectivity index (χ0n) is 10.2. The van der Waals surface area contributed by atoms with Crippen LogP contribution in [0.2, 0.25) is 10.0 Å². The van der Waals surface area contributed by atoms with Gasteiger partial charge in [-0.3, -0.25) is 0 Å². The van der Waals surface area contributed by atoms with E-state index in [4.69, 9.17) is 23.2 Å². The molecular weight excluding hydrogens is 269 g/mol. The summed E-state index contributed by atoms with van der Waals surface area (Å²) < 4.78 is 2.14. The number of benzene rings is 1. The number of aromatic nitrogens is 2. The van der Waals surface area contributed by atoms with Crippen molar-refractivity contribution in [1.82, 2.24) is 9.55 Å². The Kier molecular flexibility index (Phi) is 4.50. The van der Waals surface area contributed by atoms with Crippen molar-refractivity contribution in [2.45, 2.75) is 26.4 Å². The Morgan fingerprint density at radius 1 is 1.33 bits per heavy atom. The minimum absolute atomic E-state index is 0.621. The van der Waals surface area contributed by atoms with E-state index in [1.807, 2.05) is 24.5 Å². The molecule has 0 fully saturated rings. The van der Waals surface area contributed by atoms with E-state index in [0.29, 0.717) is 16.6 Å². The summed E-state index contributed by atoms with van der Waals surface area (Å²) in [6.07, 6.45) is 4.89. The minimum atomic E-state index is 0.621. The molecule has 5 heteroatoms. The van der Waals surface area contributed by atoms with Gasteiger partial charge in [0.2, 0.25) is 0 Å². The molecule has 96 valence electrons. The molecule has 1 N–H and O–H groups in total. The number of hydrogen-bond donors (Lipinski definition) is 1. The molecular formula is C13H15Cl2N3. The van der Waals surface area contributed by atoms with E-state index >= 15 is 0 Å². The second kappa shape index (κ2) is 6.12. The van der Waals surface area contributed by atoms with Crippen molar-refractivity contribution in [2.75, 3.05) is 5.32 Å². The van der Waals surface area contributed by atoms with E-state index in [-0.39, 0.29) is 0 Å². The summed E-state index contributed by atoms with van der Waals surface area (Å²) in [4.78, 5) is 4.33. The van der Waals surface area contributed by atoms with Crippen LogP contribution in [0.3, 0.4) is 0 Å². The summed E-state index contributed by atoms with van der Waals surface area (Å²) in [6, 6.07) is 5.41. The van der Waals surface area contributed by atoms with Gasteiger partial charge in [-0.05, 0) is 24.6 Å². The van der Waals surface area contributed by atoms with Crippen molar-refractivity contribution in [3.05, 3.63) is 46.5 Å². The van der Waals surface area contributed by atoms with Gasteiger partial charge in [0.15, 0.2) is 0 Å². The summed E-state index contributed by atoms with van der Waals surface area (Å²) in [6.45, 7) is 3.77. The van der Waals surface area contributed by atoms with Crippen molar-refractivity contribution in [3.63, 3.8) is 0 Å². The predicted molar refractivity (Wildman–Crippen MR) is 76.3 cm³/mol. The van der Waals surface area contributed by atoms with Crippen molar-refractivity contribution >= 4 is 28.9 Å². The van der Waals surface area contributed by atoms with Gasteiger partial charge in [0.1, 0.15) is 5.82 Å². The first-order chi connectivity index (χ1) is 8.70.